The average Bonchev–Trinajstić information content (AvgIpc) is 2.80. The molecule has 0 spiro atoms. The zero-order chi connectivity index (χ0) is 23.8. The number of hydrogen-bond donors (Lipinski definition) is 3. The Bertz CT molecular complexity index is 1140. The van der Waals surface area contributed by atoms with E-state index < -0.39 is 0 Å². The molecular weight excluding hydrogens is 502 g/mol. The lowest BCUT2D eigenvalue weighted by molar-refractivity contribution is 0.0971. The number of carbonyl (C=O) groups excluding carboxylic acids is 2. The molecule has 3 aromatic carbocycles. The van der Waals surface area contributed by atoms with E-state index in [1.807, 2.05) is 38.1 Å². The minimum Gasteiger partial charge on any atom is -0.492 e. The molecule has 3 rings (SSSR count). The van der Waals surface area contributed by atoms with E-state index in [1.54, 1.807) is 48.5 Å². The van der Waals surface area contributed by atoms with Crippen molar-refractivity contribution in [2.45, 2.75) is 13.8 Å². The van der Waals surface area contributed by atoms with Crippen LogP contribution in [0.25, 0.3) is 0 Å². The monoisotopic (exact) mass is 525 g/mol. The summed E-state index contributed by atoms with van der Waals surface area (Å²) in [6.45, 7) is 4.57. The van der Waals surface area contributed by atoms with Crippen LogP contribution in [-0.2, 0) is 0 Å². The van der Waals surface area contributed by atoms with Gasteiger partial charge in [-0.2, -0.15) is 0 Å². The lowest BCUT2D eigenvalue weighted by Gasteiger charge is -2.15. The Morgan fingerprint density at radius 2 is 1.55 bits per heavy atom. The average molecular weight is 526 g/mol. The number of ether oxygens (including phenoxy) is 1. The van der Waals surface area contributed by atoms with E-state index in [0.29, 0.717) is 40.8 Å². The highest BCUT2D eigenvalue weighted by Gasteiger charge is 2.15. The second-order valence-electron chi connectivity index (χ2n) is 7.65. The second kappa shape index (κ2) is 11.6. The molecule has 0 aliphatic heterocycles. The molecule has 0 bridgehead atoms. The molecule has 0 aromatic heterocycles. The third kappa shape index (κ3) is 7.40. The lowest BCUT2D eigenvalue weighted by Crippen LogP contribution is -2.34. The SMILES string of the molecule is CC(C)COc1ccc(Br)cc1C(=O)NC(=S)Nc1ccc(NC(=O)c2ccccc2)cc1. The highest BCUT2D eigenvalue weighted by Crippen LogP contribution is 2.24. The van der Waals surface area contributed by atoms with Crippen molar-refractivity contribution in [3.63, 3.8) is 0 Å². The molecule has 170 valence electrons. The molecule has 2 amide bonds. The molecule has 8 heteroatoms. The lowest BCUT2D eigenvalue weighted by atomic mass is 10.2. The number of thiocarbonyl (C=S) groups is 1. The van der Waals surface area contributed by atoms with E-state index in [4.69, 9.17) is 17.0 Å². The Morgan fingerprint density at radius 3 is 2.18 bits per heavy atom. The standard InChI is InChI=1S/C25H24BrN3O3S/c1-16(2)15-32-22-13-8-18(26)14-21(22)24(31)29-25(33)28-20-11-9-19(10-12-20)27-23(30)17-6-4-3-5-7-17/h3-14,16H,15H2,1-2H3,(H,27,30)(H2,28,29,31,33). The maximum atomic E-state index is 12.8. The maximum Gasteiger partial charge on any atom is 0.261 e. The number of halogens is 1. The van der Waals surface area contributed by atoms with Crippen molar-refractivity contribution in [1.29, 1.82) is 0 Å². The number of carbonyl (C=O) groups is 2. The molecule has 3 N–H and O–H groups in total. The number of benzene rings is 3. The van der Waals surface area contributed by atoms with E-state index in [1.165, 1.54) is 0 Å². The van der Waals surface area contributed by atoms with Crippen LogP contribution in [0.1, 0.15) is 34.6 Å². The van der Waals surface area contributed by atoms with Gasteiger partial charge in [-0.25, -0.2) is 0 Å². The van der Waals surface area contributed by atoms with E-state index >= 15 is 0 Å². The van der Waals surface area contributed by atoms with Crippen molar-refractivity contribution in [3.05, 3.63) is 88.4 Å². The third-order valence-corrected chi connectivity index (χ3v) is 5.12. The van der Waals surface area contributed by atoms with Crippen LogP contribution in [0.3, 0.4) is 0 Å². The molecule has 0 aliphatic carbocycles. The molecule has 33 heavy (non-hydrogen) atoms. The summed E-state index contributed by atoms with van der Waals surface area (Å²) in [5.74, 6) is 0.251. The Morgan fingerprint density at radius 1 is 0.909 bits per heavy atom. The quantitative estimate of drug-likeness (QED) is 0.336. The highest BCUT2D eigenvalue weighted by molar-refractivity contribution is 9.10. The van der Waals surface area contributed by atoms with E-state index in [9.17, 15) is 9.59 Å². The molecule has 0 radical (unpaired) electrons. The summed E-state index contributed by atoms with van der Waals surface area (Å²) >= 11 is 8.69. The number of nitrogens with one attached hydrogen (secondary N) is 3. The van der Waals surface area contributed by atoms with Crippen molar-refractivity contribution in [3.8, 4) is 5.75 Å². The summed E-state index contributed by atoms with van der Waals surface area (Å²) in [6.07, 6.45) is 0. The Hall–Kier alpha value is -3.23. The van der Waals surface area contributed by atoms with Gasteiger partial charge >= 0.3 is 0 Å². The Kier molecular flexibility index (Phi) is 8.57. The second-order valence-corrected chi connectivity index (χ2v) is 8.98. The first-order valence-electron chi connectivity index (χ1n) is 10.3. The van der Waals surface area contributed by atoms with Crippen LogP contribution < -0.4 is 20.7 Å². The minimum absolute atomic E-state index is 0.149. The zero-order valence-electron chi connectivity index (χ0n) is 18.2. The van der Waals surface area contributed by atoms with Crippen molar-refractivity contribution >= 4 is 56.4 Å². The van der Waals surface area contributed by atoms with Crippen LogP contribution in [0.15, 0.2) is 77.3 Å². The fraction of sp³-hybridized carbons (Fsp3) is 0.160. The Labute approximate surface area is 206 Å². The summed E-state index contributed by atoms with van der Waals surface area (Å²) in [5.41, 5.74) is 2.27. The fourth-order valence-corrected chi connectivity index (χ4v) is 3.40. The molecule has 0 aliphatic rings. The highest BCUT2D eigenvalue weighted by atomic mass is 79.9. The first kappa shape index (κ1) is 24.4. The van der Waals surface area contributed by atoms with Crippen molar-refractivity contribution < 1.29 is 14.3 Å². The van der Waals surface area contributed by atoms with Crippen LogP contribution in [0.5, 0.6) is 5.75 Å². The number of amides is 2. The van der Waals surface area contributed by atoms with Crippen molar-refractivity contribution in [2.24, 2.45) is 5.92 Å². The van der Waals surface area contributed by atoms with Crippen LogP contribution in [-0.4, -0.2) is 23.5 Å². The van der Waals surface area contributed by atoms with Gasteiger partial charge in [0.2, 0.25) is 0 Å². The van der Waals surface area contributed by atoms with Gasteiger partial charge in [0.05, 0.1) is 12.2 Å². The summed E-state index contributed by atoms with van der Waals surface area (Å²) in [7, 11) is 0. The van der Waals surface area contributed by atoms with Gasteiger partial charge in [-0.3, -0.25) is 14.9 Å². The summed E-state index contributed by atoms with van der Waals surface area (Å²) in [4.78, 5) is 25.0. The van der Waals surface area contributed by atoms with E-state index in [-0.39, 0.29) is 16.9 Å². The van der Waals surface area contributed by atoms with Gasteiger partial charge in [-0.05, 0) is 72.7 Å². The molecule has 0 saturated carbocycles. The summed E-state index contributed by atoms with van der Waals surface area (Å²) in [5, 5.41) is 8.64. The van der Waals surface area contributed by atoms with Gasteiger partial charge in [0, 0.05) is 21.4 Å². The summed E-state index contributed by atoms with van der Waals surface area (Å²) < 4.78 is 6.53. The Balaban J connectivity index is 1.59. The topological polar surface area (TPSA) is 79.5 Å². The van der Waals surface area contributed by atoms with Gasteiger partial charge in [0.25, 0.3) is 11.8 Å². The van der Waals surface area contributed by atoms with Gasteiger partial charge < -0.3 is 15.4 Å². The molecule has 0 heterocycles. The van der Waals surface area contributed by atoms with E-state index in [0.717, 1.165) is 4.47 Å². The number of rotatable bonds is 7. The molecule has 0 fully saturated rings. The normalized spacial score (nSPS) is 10.4. The van der Waals surface area contributed by atoms with Gasteiger partial charge in [0.15, 0.2) is 5.11 Å². The summed E-state index contributed by atoms with van der Waals surface area (Å²) in [6, 6.07) is 21.3. The van der Waals surface area contributed by atoms with Crippen LogP contribution >= 0.6 is 28.1 Å². The predicted octanol–water partition coefficient (Wildman–Crippen LogP) is 5.86. The van der Waals surface area contributed by atoms with Crippen molar-refractivity contribution in [1.82, 2.24) is 5.32 Å². The van der Waals surface area contributed by atoms with Gasteiger partial charge in [-0.15, -0.1) is 0 Å². The van der Waals surface area contributed by atoms with Crippen LogP contribution in [0.2, 0.25) is 0 Å². The van der Waals surface area contributed by atoms with Crippen LogP contribution in [0, 0.1) is 5.92 Å². The molecule has 0 saturated heterocycles. The van der Waals surface area contributed by atoms with E-state index in [2.05, 4.69) is 31.9 Å². The molecule has 0 atom stereocenters. The minimum atomic E-state index is -0.376. The number of hydrogen-bond acceptors (Lipinski definition) is 4. The maximum absolute atomic E-state index is 12.8. The third-order valence-electron chi connectivity index (χ3n) is 4.42. The molecular formula is C25H24BrN3O3S. The fourth-order valence-electron chi connectivity index (χ4n) is 2.82. The van der Waals surface area contributed by atoms with Gasteiger partial charge in [0.1, 0.15) is 5.75 Å². The zero-order valence-corrected chi connectivity index (χ0v) is 20.6. The number of anilines is 2. The molecule has 0 unspecified atom stereocenters. The van der Waals surface area contributed by atoms with Crippen molar-refractivity contribution in [2.75, 3.05) is 17.2 Å². The van der Waals surface area contributed by atoms with Gasteiger partial charge in [-0.1, -0.05) is 48.0 Å². The van der Waals surface area contributed by atoms with Crippen LogP contribution in [0.4, 0.5) is 11.4 Å². The first-order valence-corrected chi connectivity index (χ1v) is 11.5. The first-order chi connectivity index (χ1) is 15.8. The molecule has 3 aromatic rings. The smallest absolute Gasteiger partial charge is 0.261 e. The predicted molar refractivity (Wildman–Crippen MR) is 139 cm³/mol. The largest absolute Gasteiger partial charge is 0.492 e. The molecule has 6 nitrogen and oxygen atoms in total.